The standard InChI is InChI=1S/C15H21N3O2/c19-15(14-2-1-7-16-14)17-12-3-5-13(6-4-12)18-8-10-20-11-9-18/h3-6,14,16H,1-2,7-11H2,(H,17,19)/t14-/m1/s1. The van der Waals surface area contributed by atoms with Gasteiger partial charge in [0.1, 0.15) is 0 Å². The zero-order chi connectivity index (χ0) is 13.8. The number of rotatable bonds is 3. The summed E-state index contributed by atoms with van der Waals surface area (Å²) in [7, 11) is 0. The number of carbonyl (C=O) groups excluding carboxylic acids is 1. The number of nitrogens with one attached hydrogen (secondary N) is 2. The summed E-state index contributed by atoms with van der Waals surface area (Å²) in [6, 6.07) is 8.02. The maximum absolute atomic E-state index is 12.0. The van der Waals surface area contributed by atoms with E-state index < -0.39 is 0 Å². The van der Waals surface area contributed by atoms with Crippen LogP contribution in [0, 0.1) is 0 Å². The van der Waals surface area contributed by atoms with Crippen molar-refractivity contribution in [2.24, 2.45) is 0 Å². The van der Waals surface area contributed by atoms with E-state index in [4.69, 9.17) is 4.74 Å². The Morgan fingerprint density at radius 2 is 2.00 bits per heavy atom. The van der Waals surface area contributed by atoms with Crippen LogP contribution in [-0.4, -0.2) is 44.8 Å². The van der Waals surface area contributed by atoms with E-state index in [1.165, 1.54) is 5.69 Å². The summed E-state index contributed by atoms with van der Waals surface area (Å²) in [5.41, 5.74) is 2.05. The highest BCUT2D eigenvalue weighted by Gasteiger charge is 2.21. The van der Waals surface area contributed by atoms with Crippen molar-refractivity contribution in [3.8, 4) is 0 Å². The molecular formula is C15H21N3O2. The van der Waals surface area contributed by atoms with E-state index in [0.29, 0.717) is 0 Å². The van der Waals surface area contributed by atoms with E-state index in [1.807, 2.05) is 12.1 Å². The summed E-state index contributed by atoms with van der Waals surface area (Å²) in [4.78, 5) is 14.3. The number of carbonyl (C=O) groups is 1. The number of anilines is 2. The minimum atomic E-state index is -0.0334. The lowest BCUT2D eigenvalue weighted by Gasteiger charge is -2.28. The smallest absolute Gasteiger partial charge is 0.241 e. The third kappa shape index (κ3) is 3.11. The second-order valence-electron chi connectivity index (χ2n) is 5.28. The van der Waals surface area contributed by atoms with Gasteiger partial charge >= 0.3 is 0 Å². The largest absolute Gasteiger partial charge is 0.378 e. The lowest BCUT2D eigenvalue weighted by atomic mass is 10.2. The fourth-order valence-electron chi connectivity index (χ4n) is 2.71. The highest BCUT2D eigenvalue weighted by Crippen LogP contribution is 2.19. The molecule has 108 valence electrons. The second kappa shape index (κ2) is 6.24. The molecule has 2 heterocycles. The van der Waals surface area contributed by atoms with E-state index in [9.17, 15) is 4.79 Å². The molecule has 0 bridgehead atoms. The first-order valence-corrected chi connectivity index (χ1v) is 7.30. The van der Waals surface area contributed by atoms with E-state index in [1.54, 1.807) is 0 Å². The first-order valence-electron chi connectivity index (χ1n) is 7.30. The molecule has 5 nitrogen and oxygen atoms in total. The second-order valence-corrected chi connectivity index (χ2v) is 5.28. The first-order chi connectivity index (χ1) is 9.83. The van der Waals surface area contributed by atoms with Crippen molar-refractivity contribution in [2.45, 2.75) is 18.9 Å². The van der Waals surface area contributed by atoms with Crippen LogP contribution >= 0.6 is 0 Å². The minimum absolute atomic E-state index is 0.0334. The molecule has 2 saturated heterocycles. The zero-order valence-corrected chi connectivity index (χ0v) is 11.6. The van der Waals surface area contributed by atoms with Crippen molar-refractivity contribution in [2.75, 3.05) is 43.1 Å². The molecular weight excluding hydrogens is 254 g/mol. The van der Waals surface area contributed by atoms with Gasteiger partial charge in [0.25, 0.3) is 0 Å². The summed E-state index contributed by atoms with van der Waals surface area (Å²) in [5, 5.41) is 6.17. The molecule has 5 heteroatoms. The van der Waals surface area contributed by atoms with Crippen LogP contribution in [0.25, 0.3) is 0 Å². The van der Waals surface area contributed by atoms with E-state index in [2.05, 4.69) is 27.7 Å². The predicted molar refractivity (Wildman–Crippen MR) is 79.1 cm³/mol. The molecule has 0 radical (unpaired) electrons. The number of hydrogen-bond acceptors (Lipinski definition) is 4. The van der Waals surface area contributed by atoms with Crippen molar-refractivity contribution in [1.29, 1.82) is 0 Å². The van der Waals surface area contributed by atoms with Crippen molar-refractivity contribution in [1.82, 2.24) is 5.32 Å². The Morgan fingerprint density at radius 1 is 1.25 bits per heavy atom. The maximum Gasteiger partial charge on any atom is 0.241 e. The van der Waals surface area contributed by atoms with E-state index in [-0.39, 0.29) is 11.9 Å². The highest BCUT2D eigenvalue weighted by atomic mass is 16.5. The van der Waals surface area contributed by atoms with Gasteiger partial charge in [-0.15, -0.1) is 0 Å². The zero-order valence-electron chi connectivity index (χ0n) is 11.6. The van der Waals surface area contributed by atoms with Gasteiger partial charge < -0.3 is 20.3 Å². The third-order valence-electron chi connectivity index (χ3n) is 3.89. The van der Waals surface area contributed by atoms with Crippen LogP contribution in [-0.2, 0) is 9.53 Å². The van der Waals surface area contributed by atoms with Gasteiger partial charge in [-0.25, -0.2) is 0 Å². The molecule has 0 saturated carbocycles. The van der Waals surface area contributed by atoms with Gasteiger partial charge in [-0.2, -0.15) is 0 Å². The highest BCUT2D eigenvalue weighted by molar-refractivity contribution is 5.95. The van der Waals surface area contributed by atoms with Gasteiger partial charge in [0.15, 0.2) is 0 Å². The molecule has 1 atom stereocenters. The monoisotopic (exact) mass is 275 g/mol. The first kappa shape index (κ1) is 13.4. The molecule has 0 aromatic heterocycles. The van der Waals surface area contributed by atoms with Crippen LogP contribution in [0.1, 0.15) is 12.8 Å². The molecule has 20 heavy (non-hydrogen) atoms. The fourth-order valence-corrected chi connectivity index (χ4v) is 2.71. The molecule has 2 aliphatic rings. The SMILES string of the molecule is O=C(Nc1ccc(N2CCOCC2)cc1)[C@H]1CCCN1. The Bertz CT molecular complexity index is 449. The summed E-state index contributed by atoms with van der Waals surface area (Å²) in [5.74, 6) is 0.0709. The van der Waals surface area contributed by atoms with Crippen molar-refractivity contribution in [3.05, 3.63) is 24.3 Å². The van der Waals surface area contributed by atoms with Gasteiger partial charge in [-0.05, 0) is 43.7 Å². The molecule has 2 N–H and O–H groups in total. The average Bonchev–Trinajstić information content (AvgIpc) is 3.03. The van der Waals surface area contributed by atoms with Crippen LogP contribution in [0.2, 0.25) is 0 Å². The molecule has 1 amide bonds. The number of hydrogen-bond donors (Lipinski definition) is 2. The molecule has 0 spiro atoms. The van der Waals surface area contributed by atoms with Crippen LogP contribution in [0.5, 0.6) is 0 Å². The molecule has 0 aliphatic carbocycles. The van der Waals surface area contributed by atoms with Crippen LogP contribution in [0.4, 0.5) is 11.4 Å². The van der Waals surface area contributed by atoms with Crippen LogP contribution in [0.3, 0.4) is 0 Å². The van der Waals surface area contributed by atoms with Crippen LogP contribution in [0.15, 0.2) is 24.3 Å². The molecule has 3 rings (SSSR count). The number of nitrogens with zero attached hydrogens (tertiary/aromatic N) is 1. The van der Waals surface area contributed by atoms with Gasteiger partial charge in [-0.1, -0.05) is 0 Å². The number of amides is 1. The summed E-state index contributed by atoms with van der Waals surface area (Å²) in [6.45, 7) is 4.36. The summed E-state index contributed by atoms with van der Waals surface area (Å²) in [6.07, 6.45) is 2.01. The normalized spacial score (nSPS) is 22.8. The molecule has 1 aromatic carbocycles. The molecule has 2 fully saturated rings. The Balaban J connectivity index is 1.59. The third-order valence-corrected chi connectivity index (χ3v) is 3.89. The van der Waals surface area contributed by atoms with Gasteiger partial charge in [-0.3, -0.25) is 4.79 Å². The predicted octanol–water partition coefficient (Wildman–Crippen LogP) is 1.21. The number of ether oxygens (including phenoxy) is 1. The van der Waals surface area contributed by atoms with E-state index in [0.717, 1.165) is 51.4 Å². The lowest BCUT2D eigenvalue weighted by Crippen LogP contribution is -2.36. The Hall–Kier alpha value is -1.59. The Labute approximate surface area is 119 Å². The van der Waals surface area contributed by atoms with Gasteiger partial charge in [0.2, 0.25) is 5.91 Å². The maximum atomic E-state index is 12.0. The topological polar surface area (TPSA) is 53.6 Å². The number of morpholine rings is 1. The van der Waals surface area contributed by atoms with Gasteiger partial charge in [0.05, 0.1) is 19.3 Å². The quantitative estimate of drug-likeness (QED) is 0.871. The van der Waals surface area contributed by atoms with Crippen LogP contribution < -0.4 is 15.5 Å². The number of benzene rings is 1. The van der Waals surface area contributed by atoms with E-state index >= 15 is 0 Å². The minimum Gasteiger partial charge on any atom is -0.378 e. The summed E-state index contributed by atoms with van der Waals surface area (Å²) < 4.78 is 5.35. The molecule has 2 aliphatic heterocycles. The average molecular weight is 275 g/mol. The fraction of sp³-hybridized carbons (Fsp3) is 0.533. The van der Waals surface area contributed by atoms with Crippen molar-refractivity contribution >= 4 is 17.3 Å². The van der Waals surface area contributed by atoms with Gasteiger partial charge in [0, 0.05) is 24.5 Å². The lowest BCUT2D eigenvalue weighted by molar-refractivity contribution is -0.117. The van der Waals surface area contributed by atoms with Crippen molar-refractivity contribution in [3.63, 3.8) is 0 Å². The summed E-state index contributed by atoms with van der Waals surface area (Å²) >= 11 is 0. The Kier molecular flexibility index (Phi) is 4.18. The molecule has 0 unspecified atom stereocenters. The Morgan fingerprint density at radius 3 is 2.65 bits per heavy atom. The molecule has 1 aromatic rings. The van der Waals surface area contributed by atoms with Crippen molar-refractivity contribution < 1.29 is 9.53 Å².